The normalized spacial score (nSPS) is 11.3. The molecule has 2 aromatic rings. The fourth-order valence-corrected chi connectivity index (χ4v) is 2.23. The number of carboxylic acid groups (broad SMARTS) is 1. The van der Waals surface area contributed by atoms with Crippen LogP contribution in [-0.4, -0.2) is 11.1 Å². The van der Waals surface area contributed by atoms with E-state index in [2.05, 4.69) is 0 Å². The lowest BCUT2D eigenvalue weighted by Gasteiger charge is -2.12. The highest BCUT2D eigenvalue weighted by Gasteiger charge is 2.31. The van der Waals surface area contributed by atoms with Crippen LogP contribution in [0.3, 0.4) is 0 Å². The standard InChI is InChI=1S/C16H12ClF3O3/c1-2-9-3-5-11(8-12(9)15(21)22)23-14-6-4-10(7-13(14)17)16(18,19)20/h3-8H,2H2,1H3,(H,21,22). The molecule has 0 unspecified atom stereocenters. The molecule has 23 heavy (non-hydrogen) atoms. The van der Waals surface area contributed by atoms with E-state index in [-0.39, 0.29) is 22.1 Å². The van der Waals surface area contributed by atoms with E-state index in [9.17, 15) is 18.0 Å². The summed E-state index contributed by atoms with van der Waals surface area (Å²) >= 11 is 5.80. The zero-order chi connectivity index (χ0) is 17.2. The molecular formula is C16H12ClF3O3. The average Bonchev–Trinajstić information content (AvgIpc) is 2.48. The summed E-state index contributed by atoms with van der Waals surface area (Å²) in [6, 6.07) is 7.15. The third-order valence-electron chi connectivity index (χ3n) is 3.18. The van der Waals surface area contributed by atoms with Gasteiger partial charge in [0.1, 0.15) is 11.5 Å². The molecule has 0 radical (unpaired) electrons. The highest BCUT2D eigenvalue weighted by Crippen LogP contribution is 2.36. The van der Waals surface area contributed by atoms with Crippen LogP contribution in [0.1, 0.15) is 28.4 Å². The van der Waals surface area contributed by atoms with E-state index in [0.29, 0.717) is 12.0 Å². The molecule has 2 rings (SSSR count). The van der Waals surface area contributed by atoms with Crippen LogP contribution in [0, 0.1) is 0 Å². The van der Waals surface area contributed by atoms with E-state index in [4.69, 9.17) is 21.4 Å². The lowest BCUT2D eigenvalue weighted by Crippen LogP contribution is -2.05. The molecular weight excluding hydrogens is 333 g/mol. The predicted molar refractivity (Wildman–Crippen MR) is 79.3 cm³/mol. The van der Waals surface area contributed by atoms with Gasteiger partial charge in [-0.2, -0.15) is 13.2 Å². The van der Waals surface area contributed by atoms with Gasteiger partial charge >= 0.3 is 12.1 Å². The van der Waals surface area contributed by atoms with Crippen LogP contribution in [0.25, 0.3) is 0 Å². The van der Waals surface area contributed by atoms with Gasteiger partial charge in [0.2, 0.25) is 0 Å². The van der Waals surface area contributed by atoms with Crippen LogP contribution < -0.4 is 4.74 Å². The summed E-state index contributed by atoms with van der Waals surface area (Å²) in [7, 11) is 0. The summed E-state index contributed by atoms with van der Waals surface area (Å²) in [5, 5.41) is 8.95. The van der Waals surface area contributed by atoms with Crippen molar-refractivity contribution < 1.29 is 27.8 Å². The number of benzene rings is 2. The van der Waals surface area contributed by atoms with Gasteiger partial charge < -0.3 is 9.84 Å². The van der Waals surface area contributed by atoms with Crippen LogP contribution in [0.5, 0.6) is 11.5 Å². The van der Waals surface area contributed by atoms with Gasteiger partial charge in [0.25, 0.3) is 0 Å². The maximum Gasteiger partial charge on any atom is 0.416 e. The lowest BCUT2D eigenvalue weighted by atomic mass is 10.1. The summed E-state index contributed by atoms with van der Waals surface area (Å²) in [6.45, 7) is 1.81. The summed E-state index contributed by atoms with van der Waals surface area (Å²) in [6.07, 6.45) is -3.97. The first-order chi connectivity index (χ1) is 10.7. The number of hydrogen-bond acceptors (Lipinski definition) is 2. The second kappa shape index (κ2) is 6.50. The van der Waals surface area contributed by atoms with Gasteiger partial charge in [-0.05, 0) is 42.3 Å². The van der Waals surface area contributed by atoms with Crippen molar-refractivity contribution in [2.75, 3.05) is 0 Å². The van der Waals surface area contributed by atoms with E-state index >= 15 is 0 Å². The van der Waals surface area contributed by atoms with Crippen LogP contribution >= 0.6 is 11.6 Å². The Morgan fingerprint density at radius 3 is 2.43 bits per heavy atom. The van der Waals surface area contributed by atoms with Crippen molar-refractivity contribution in [1.82, 2.24) is 0 Å². The lowest BCUT2D eigenvalue weighted by molar-refractivity contribution is -0.137. The van der Waals surface area contributed by atoms with Gasteiger partial charge in [-0.25, -0.2) is 4.79 Å². The van der Waals surface area contributed by atoms with Crippen LogP contribution in [-0.2, 0) is 12.6 Å². The molecule has 122 valence electrons. The van der Waals surface area contributed by atoms with Gasteiger partial charge in [-0.1, -0.05) is 24.6 Å². The number of aryl methyl sites for hydroxylation is 1. The maximum absolute atomic E-state index is 12.6. The van der Waals surface area contributed by atoms with Crippen molar-refractivity contribution in [3.8, 4) is 11.5 Å². The number of hydrogen-bond donors (Lipinski definition) is 1. The van der Waals surface area contributed by atoms with E-state index in [1.807, 2.05) is 6.92 Å². The van der Waals surface area contributed by atoms with Crippen molar-refractivity contribution in [3.05, 3.63) is 58.1 Å². The topological polar surface area (TPSA) is 46.5 Å². The largest absolute Gasteiger partial charge is 0.478 e. The van der Waals surface area contributed by atoms with Gasteiger partial charge in [-0.3, -0.25) is 0 Å². The van der Waals surface area contributed by atoms with Crippen molar-refractivity contribution in [3.63, 3.8) is 0 Å². The Balaban J connectivity index is 2.33. The maximum atomic E-state index is 12.6. The van der Waals surface area contributed by atoms with Crippen molar-refractivity contribution in [1.29, 1.82) is 0 Å². The number of aromatic carboxylic acids is 1. The fraction of sp³-hybridized carbons (Fsp3) is 0.188. The Kier molecular flexibility index (Phi) is 4.85. The number of alkyl halides is 3. The molecule has 2 aromatic carbocycles. The molecule has 0 aromatic heterocycles. The zero-order valence-electron chi connectivity index (χ0n) is 11.9. The molecule has 0 aliphatic rings. The Morgan fingerprint density at radius 2 is 1.91 bits per heavy atom. The van der Waals surface area contributed by atoms with E-state index in [1.54, 1.807) is 12.1 Å². The number of carboxylic acids is 1. The quantitative estimate of drug-likeness (QED) is 0.806. The van der Waals surface area contributed by atoms with Crippen molar-refractivity contribution in [2.24, 2.45) is 0 Å². The summed E-state index contributed by atoms with van der Waals surface area (Å²) in [4.78, 5) is 11.2. The number of carbonyl (C=O) groups is 1. The summed E-state index contributed by atoms with van der Waals surface area (Å²) < 4.78 is 43.2. The average molecular weight is 345 g/mol. The molecule has 0 spiro atoms. The molecule has 0 bridgehead atoms. The first kappa shape index (κ1) is 17.1. The third kappa shape index (κ3) is 3.96. The third-order valence-corrected chi connectivity index (χ3v) is 3.48. The first-order valence-corrected chi connectivity index (χ1v) is 7.01. The Morgan fingerprint density at radius 1 is 1.22 bits per heavy atom. The van der Waals surface area contributed by atoms with E-state index in [0.717, 1.165) is 18.2 Å². The molecule has 0 amide bonds. The number of rotatable bonds is 4. The molecule has 0 fully saturated rings. The highest BCUT2D eigenvalue weighted by molar-refractivity contribution is 6.32. The minimum atomic E-state index is -4.50. The molecule has 0 aliphatic heterocycles. The van der Waals surface area contributed by atoms with Crippen LogP contribution in [0.4, 0.5) is 13.2 Å². The molecule has 0 heterocycles. The van der Waals surface area contributed by atoms with E-state index in [1.165, 1.54) is 6.07 Å². The highest BCUT2D eigenvalue weighted by atomic mass is 35.5. The molecule has 0 atom stereocenters. The SMILES string of the molecule is CCc1ccc(Oc2ccc(C(F)(F)F)cc2Cl)cc1C(=O)O. The zero-order valence-corrected chi connectivity index (χ0v) is 12.7. The second-order valence-corrected chi connectivity index (χ2v) is 5.13. The molecule has 1 N–H and O–H groups in total. The monoisotopic (exact) mass is 344 g/mol. The van der Waals surface area contributed by atoms with Crippen molar-refractivity contribution in [2.45, 2.75) is 19.5 Å². The Labute approximate surface area is 135 Å². The summed E-state index contributed by atoms with van der Waals surface area (Å²) in [5.41, 5.74) is -0.182. The van der Waals surface area contributed by atoms with Gasteiger partial charge in [-0.15, -0.1) is 0 Å². The first-order valence-electron chi connectivity index (χ1n) is 6.63. The fourth-order valence-electron chi connectivity index (χ4n) is 2.01. The molecule has 0 saturated carbocycles. The minimum absolute atomic E-state index is 0.0141. The Bertz CT molecular complexity index is 742. The smallest absolute Gasteiger partial charge is 0.416 e. The van der Waals surface area contributed by atoms with Crippen molar-refractivity contribution >= 4 is 17.6 Å². The van der Waals surface area contributed by atoms with Gasteiger partial charge in [0.05, 0.1) is 16.1 Å². The van der Waals surface area contributed by atoms with Crippen LogP contribution in [0.2, 0.25) is 5.02 Å². The molecule has 7 heteroatoms. The second-order valence-electron chi connectivity index (χ2n) is 4.72. The van der Waals surface area contributed by atoms with Crippen LogP contribution in [0.15, 0.2) is 36.4 Å². The predicted octanol–water partition coefficient (Wildman–Crippen LogP) is 5.41. The van der Waals surface area contributed by atoms with Gasteiger partial charge in [0, 0.05) is 0 Å². The number of halogens is 4. The number of ether oxygens (including phenoxy) is 1. The van der Waals surface area contributed by atoms with E-state index < -0.39 is 17.7 Å². The summed E-state index contributed by atoms with van der Waals surface area (Å²) in [5.74, 6) is -0.910. The van der Waals surface area contributed by atoms with Gasteiger partial charge in [0.15, 0.2) is 0 Å². The Hall–Kier alpha value is -2.21. The molecule has 3 nitrogen and oxygen atoms in total. The molecule has 0 saturated heterocycles. The minimum Gasteiger partial charge on any atom is -0.478 e. The molecule has 0 aliphatic carbocycles.